The largest absolute Gasteiger partial charge is 0.457 e. The van der Waals surface area contributed by atoms with E-state index >= 15 is 0 Å². The fraction of sp³-hybridized carbons (Fsp3) is 0.625. The molecule has 2 N–H and O–H groups in total. The van der Waals surface area contributed by atoms with Crippen LogP contribution in [-0.2, 0) is 23.7 Å². The lowest BCUT2D eigenvalue weighted by molar-refractivity contribution is 0.0780. The number of rotatable bonds is 2. The van der Waals surface area contributed by atoms with Crippen LogP contribution in [0.3, 0.4) is 0 Å². The summed E-state index contributed by atoms with van der Waals surface area (Å²) < 4.78 is 7.00. The SMILES string of the molecule is c1cc(Oc2cccc3c2C[C@H]2NCC[C@@]34CCCC[C@@H]24)c2c(c1)[C@@]13CCCC[C@H]1[C@@H](C2)NCC3. The molecule has 2 aliphatic heterocycles. The fourth-order valence-corrected chi connectivity index (χ4v) is 10.2. The molecule has 35 heavy (non-hydrogen) atoms. The first kappa shape index (κ1) is 21.3. The second-order valence-electron chi connectivity index (χ2n) is 12.7. The summed E-state index contributed by atoms with van der Waals surface area (Å²) in [5.74, 6) is 3.89. The molecule has 6 atom stereocenters. The Hall–Kier alpha value is -1.84. The third-order valence-corrected chi connectivity index (χ3v) is 11.5. The van der Waals surface area contributed by atoms with Gasteiger partial charge in [-0.3, -0.25) is 0 Å². The minimum absolute atomic E-state index is 0.381. The first-order valence-corrected chi connectivity index (χ1v) is 14.7. The Morgan fingerprint density at radius 2 is 1.14 bits per heavy atom. The zero-order chi connectivity index (χ0) is 23.0. The molecule has 0 amide bonds. The van der Waals surface area contributed by atoms with Gasteiger partial charge >= 0.3 is 0 Å². The molecule has 3 nitrogen and oxygen atoms in total. The summed E-state index contributed by atoms with van der Waals surface area (Å²) in [7, 11) is 0. The first-order valence-electron chi connectivity index (χ1n) is 14.7. The molecular formula is C32H40N2O. The van der Waals surface area contributed by atoms with E-state index in [4.69, 9.17) is 4.74 Å². The molecule has 4 aliphatic carbocycles. The van der Waals surface area contributed by atoms with Gasteiger partial charge in [-0.15, -0.1) is 0 Å². The molecule has 2 saturated carbocycles. The van der Waals surface area contributed by atoms with Crippen LogP contribution in [0.1, 0.15) is 86.5 Å². The van der Waals surface area contributed by atoms with Crippen LogP contribution in [0.25, 0.3) is 0 Å². The second-order valence-corrected chi connectivity index (χ2v) is 12.7. The Bertz CT molecular complexity index is 1060. The summed E-state index contributed by atoms with van der Waals surface area (Å²) in [5.41, 5.74) is 7.03. The normalized spacial score (nSPS) is 39.0. The Morgan fingerprint density at radius 1 is 0.629 bits per heavy atom. The highest BCUT2D eigenvalue weighted by atomic mass is 16.5. The van der Waals surface area contributed by atoms with Crippen molar-refractivity contribution in [2.45, 2.75) is 100.0 Å². The minimum atomic E-state index is 0.381. The number of fused-ring (bicyclic) bond motifs is 2. The molecule has 0 unspecified atom stereocenters. The highest BCUT2D eigenvalue weighted by Crippen LogP contribution is 2.57. The summed E-state index contributed by atoms with van der Waals surface area (Å²) in [5, 5.41) is 7.84. The van der Waals surface area contributed by atoms with Crippen LogP contribution in [0.4, 0.5) is 0 Å². The highest BCUT2D eigenvalue weighted by molar-refractivity contribution is 5.54. The van der Waals surface area contributed by atoms with Crippen LogP contribution in [0.15, 0.2) is 36.4 Å². The van der Waals surface area contributed by atoms with Crippen molar-refractivity contribution in [3.05, 3.63) is 58.7 Å². The molecule has 2 saturated heterocycles. The molecule has 184 valence electrons. The number of hydrogen-bond acceptors (Lipinski definition) is 3. The van der Waals surface area contributed by atoms with E-state index in [0.717, 1.165) is 36.2 Å². The third-order valence-electron chi connectivity index (χ3n) is 11.5. The average molecular weight is 469 g/mol. The summed E-state index contributed by atoms with van der Waals surface area (Å²) >= 11 is 0. The van der Waals surface area contributed by atoms with Crippen molar-refractivity contribution in [3.63, 3.8) is 0 Å². The van der Waals surface area contributed by atoms with E-state index in [9.17, 15) is 0 Å². The molecular weight excluding hydrogens is 428 g/mol. The van der Waals surface area contributed by atoms with E-state index in [1.807, 2.05) is 0 Å². The lowest BCUT2D eigenvalue weighted by atomic mass is 9.52. The van der Waals surface area contributed by atoms with Gasteiger partial charge in [-0.1, -0.05) is 49.9 Å². The van der Waals surface area contributed by atoms with Crippen molar-refractivity contribution in [2.24, 2.45) is 11.8 Å². The maximum Gasteiger partial charge on any atom is 0.130 e. The number of hydrogen-bond donors (Lipinski definition) is 2. The third kappa shape index (κ3) is 2.92. The van der Waals surface area contributed by atoms with E-state index in [1.165, 1.54) is 88.4 Å². The monoisotopic (exact) mass is 468 g/mol. The highest BCUT2D eigenvalue weighted by Gasteiger charge is 2.53. The topological polar surface area (TPSA) is 33.3 Å². The molecule has 2 heterocycles. The summed E-state index contributed by atoms with van der Waals surface area (Å²) in [6, 6.07) is 15.3. The lowest BCUT2D eigenvalue weighted by Gasteiger charge is -2.56. The van der Waals surface area contributed by atoms with E-state index in [1.54, 1.807) is 11.1 Å². The van der Waals surface area contributed by atoms with Gasteiger partial charge < -0.3 is 15.4 Å². The molecule has 8 rings (SSSR count). The van der Waals surface area contributed by atoms with Crippen molar-refractivity contribution in [2.75, 3.05) is 13.1 Å². The Labute approximate surface area is 210 Å². The molecule has 4 bridgehead atoms. The maximum absolute atomic E-state index is 7.00. The number of ether oxygens (including phenoxy) is 1. The molecule has 0 spiro atoms. The zero-order valence-corrected chi connectivity index (χ0v) is 21.1. The van der Waals surface area contributed by atoms with Crippen LogP contribution in [0.5, 0.6) is 11.5 Å². The van der Waals surface area contributed by atoms with Gasteiger partial charge in [0.25, 0.3) is 0 Å². The molecule has 0 aromatic heterocycles. The van der Waals surface area contributed by atoms with Gasteiger partial charge in [-0.2, -0.15) is 0 Å². The van der Waals surface area contributed by atoms with Gasteiger partial charge in [-0.05, 0) is 99.6 Å². The Morgan fingerprint density at radius 3 is 1.66 bits per heavy atom. The second kappa shape index (κ2) is 7.83. The standard InChI is InChI=1S/C32H40N2O/c1-3-13-31-15-17-33-27(25(31)7-1)19-21-23(31)9-5-11-29(21)35-30-12-6-10-24-22(30)20-28-26-8-2-4-14-32(24,26)16-18-34-28/h5-6,9-12,25-28,33-34H,1-4,7-8,13-20H2/t25-,26-,27+,28+,31-,32-/m0/s1. The van der Waals surface area contributed by atoms with Gasteiger partial charge in [0.2, 0.25) is 0 Å². The van der Waals surface area contributed by atoms with Gasteiger partial charge in [-0.25, -0.2) is 0 Å². The van der Waals surface area contributed by atoms with Crippen molar-refractivity contribution in [3.8, 4) is 11.5 Å². The number of benzene rings is 2. The van der Waals surface area contributed by atoms with Crippen molar-refractivity contribution >= 4 is 0 Å². The Balaban J connectivity index is 1.21. The smallest absolute Gasteiger partial charge is 0.130 e. The quantitative estimate of drug-likeness (QED) is 0.553. The van der Waals surface area contributed by atoms with Crippen molar-refractivity contribution < 1.29 is 4.74 Å². The molecule has 2 aromatic rings. The minimum Gasteiger partial charge on any atom is -0.457 e. The van der Waals surface area contributed by atoms with Crippen LogP contribution in [0, 0.1) is 11.8 Å². The molecule has 0 radical (unpaired) electrons. The average Bonchev–Trinajstić information content (AvgIpc) is 2.89. The van der Waals surface area contributed by atoms with E-state index in [-0.39, 0.29) is 0 Å². The summed E-state index contributed by atoms with van der Waals surface area (Å²) in [6.07, 6.45) is 16.0. The summed E-state index contributed by atoms with van der Waals surface area (Å²) in [6.45, 7) is 2.35. The van der Waals surface area contributed by atoms with Gasteiger partial charge in [0.1, 0.15) is 11.5 Å². The Kier molecular flexibility index (Phi) is 4.76. The van der Waals surface area contributed by atoms with Gasteiger partial charge in [0.15, 0.2) is 0 Å². The van der Waals surface area contributed by atoms with Crippen LogP contribution >= 0.6 is 0 Å². The predicted molar refractivity (Wildman–Crippen MR) is 140 cm³/mol. The van der Waals surface area contributed by atoms with Gasteiger partial charge in [0.05, 0.1) is 0 Å². The van der Waals surface area contributed by atoms with Crippen LogP contribution < -0.4 is 15.4 Å². The lowest BCUT2D eigenvalue weighted by Crippen LogP contribution is -2.59. The van der Waals surface area contributed by atoms with E-state index in [2.05, 4.69) is 47.0 Å². The number of piperidine rings is 2. The fourth-order valence-electron chi connectivity index (χ4n) is 10.2. The molecule has 2 aromatic carbocycles. The first-order chi connectivity index (χ1) is 17.3. The van der Waals surface area contributed by atoms with Crippen molar-refractivity contribution in [1.29, 1.82) is 0 Å². The number of nitrogens with one attached hydrogen (secondary N) is 2. The van der Waals surface area contributed by atoms with E-state index in [0.29, 0.717) is 22.9 Å². The van der Waals surface area contributed by atoms with E-state index < -0.39 is 0 Å². The predicted octanol–water partition coefficient (Wildman–Crippen LogP) is 6.17. The molecule has 3 heteroatoms. The summed E-state index contributed by atoms with van der Waals surface area (Å²) in [4.78, 5) is 0. The maximum atomic E-state index is 7.00. The van der Waals surface area contributed by atoms with Crippen LogP contribution in [-0.4, -0.2) is 25.2 Å². The van der Waals surface area contributed by atoms with Crippen molar-refractivity contribution in [1.82, 2.24) is 10.6 Å². The van der Waals surface area contributed by atoms with Gasteiger partial charge in [0, 0.05) is 34.0 Å². The molecule has 4 fully saturated rings. The van der Waals surface area contributed by atoms with Crippen LogP contribution in [0.2, 0.25) is 0 Å². The molecule has 6 aliphatic rings. The zero-order valence-electron chi connectivity index (χ0n) is 21.1.